The topological polar surface area (TPSA) is 0 Å². The van der Waals surface area contributed by atoms with E-state index < -0.39 is 10.8 Å². The van der Waals surface area contributed by atoms with Gasteiger partial charge in [0.05, 0.1) is 10.8 Å². The molecule has 2 heteroatoms. The Hall–Kier alpha value is -5.02. The Morgan fingerprint density at radius 1 is 0.300 bits per heavy atom. The van der Waals surface area contributed by atoms with Gasteiger partial charge in [-0.1, -0.05) is 202 Å². The van der Waals surface area contributed by atoms with E-state index in [1.165, 1.54) is 77.5 Å². The Morgan fingerprint density at radius 3 is 0.900 bits per heavy atom. The van der Waals surface area contributed by atoms with Gasteiger partial charge in [-0.25, -0.2) is 0 Å². The molecule has 0 spiro atoms. The van der Waals surface area contributed by atoms with Crippen LogP contribution in [0.4, 0.5) is 0 Å². The predicted octanol–water partition coefficient (Wildman–Crippen LogP) is 13.1. The summed E-state index contributed by atoms with van der Waals surface area (Å²) in [6, 6.07) is 67.1. The van der Waals surface area contributed by atoms with Crippen LogP contribution in [0.1, 0.15) is 44.5 Å². The van der Waals surface area contributed by atoms with Crippen LogP contribution < -0.4 is 0 Å². The zero-order valence-electron chi connectivity index (χ0n) is 27.1. The van der Waals surface area contributed by atoms with Gasteiger partial charge in [-0.3, -0.25) is 0 Å². The van der Waals surface area contributed by atoms with Gasteiger partial charge in [0.2, 0.25) is 0 Å². The molecule has 0 radical (unpaired) electrons. The summed E-state index contributed by atoms with van der Waals surface area (Å²) >= 11 is 8.52. The smallest absolute Gasteiger partial charge is 0.0622 e. The fourth-order valence-corrected chi connectivity index (χ4v) is 10.6. The van der Waals surface area contributed by atoms with E-state index in [1.807, 2.05) is 0 Å². The van der Waals surface area contributed by atoms with Crippen LogP contribution in [0.25, 0.3) is 33.0 Å². The largest absolute Gasteiger partial charge is 0.0714 e. The van der Waals surface area contributed by atoms with E-state index in [9.17, 15) is 0 Å². The van der Waals surface area contributed by atoms with Crippen molar-refractivity contribution in [3.63, 3.8) is 0 Å². The third kappa shape index (κ3) is 3.81. The van der Waals surface area contributed by atoms with Crippen molar-refractivity contribution in [3.8, 4) is 22.3 Å². The quantitative estimate of drug-likeness (QED) is 0.167. The highest BCUT2D eigenvalue weighted by Gasteiger charge is 2.50. The number of halogens is 2. The Labute approximate surface area is 309 Å². The molecule has 50 heavy (non-hydrogen) atoms. The monoisotopic (exact) mass is 764 g/mol. The van der Waals surface area contributed by atoms with E-state index in [0.29, 0.717) is 0 Å². The molecule has 0 saturated heterocycles. The molecule has 236 valence electrons. The van der Waals surface area contributed by atoms with Crippen LogP contribution in [0, 0.1) is 0 Å². The van der Waals surface area contributed by atoms with Gasteiger partial charge in [-0.05, 0) is 78.9 Å². The fourth-order valence-electron chi connectivity index (χ4n) is 9.37. The molecule has 0 saturated carbocycles. The highest BCUT2D eigenvalue weighted by molar-refractivity contribution is 9.11. The number of fused-ring (bicyclic) bond motifs is 9. The van der Waals surface area contributed by atoms with Crippen LogP contribution in [-0.2, 0) is 10.8 Å². The molecule has 0 unspecified atom stereocenters. The summed E-state index contributed by atoms with van der Waals surface area (Å²) in [6.45, 7) is 0. The molecule has 0 N–H and O–H groups in total. The summed E-state index contributed by atoms with van der Waals surface area (Å²) in [5.74, 6) is 0. The van der Waals surface area contributed by atoms with Crippen molar-refractivity contribution in [2.24, 2.45) is 0 Å². The lowest BCUT2D eigenvalue weighted by atomic mass is 9.67. The minimum absolute atomic E-state index is 0.487. The number of hydrogen-bond donors (Lipinski definition) is 0. The van der Waals surface area contributed by atoms with E-state index in [-0.39, 0.29) is 0 Å². The number of benzene rings is 8. The third-order valence-electron chi connectivity index (χ3n) is 11.1. The van der Waals surface area contributed by atoms with Crippen molar-refractivity contribution in [3.05, 3.63) is 235 Å². The molecule has 0 aromatic heterocycles. The molecule has 2 aliphatic rings. The third-order valence-corrected chi connectivity index (χ3v) is 12.4. The van der Waals surface area contributed by atoms with Crippen LogP contribution in [0.5, 0.6) is 0 Å². The van der Waals surface area contributed by atoms with Gasteiger partial charge in [-0.2, -0.15) is 0 Å². The van der Waals surface area contributed by atoms with Crippen LogP contribution in [0.15, 0.2) is 191 Å². The van der Waals surface area contributed by atoms with Crippen molar-refractivity contribution in [1.82, 2.24) is 0 Å². The predicted molar refractivity (Wildman–Crippen MR) is 214 cm³/mol. The lowest BCUT2D eigenvalue weighted by Gasteiger charge is -2.35. The minimum atomic E-state index is -0.487. The Bertz CT molecular complexity index is 2330. The molecule has 8 aromatic rings. The standard InChI is InChI=1S/C48H30Br2/c49-41-29-39-43(35-25-13-15-27-37(35)47(39,31-17-5-1-6-18-31)32-19-7-2-8-20-32)45-42(50)30-40-44(46(41)45)36-26-14-16-28-38(36)48(40,33-21-9-3-10-22-33)34-23-11-4-12-24-34/h1-30H. The van der Waals surface area contributed by atoms with Gasteiger partial charge in [0.15, 0.2) is 0 Å². The van der Waals surface area contributed by atoms with Gasteiger partial charge >= 0.3 is 0 Å². The molecular formula is C48H30Br2. The summed E-state index contributed by atoms with van der Waals surface area (Å²) in [5.41, 5.74) is 14.4. The van der Waals surface area contributed by atoms with Gasteiger partial charge in [0.1, 0.15) is 0 Å². The SMILES string of the molecule is Brc1cc2c(c3c(Br)cc4c(c13)-c1ccccc1C4(c1ccccc1)c1ccccc1)-c1ccccc1C2(c1ccccc1)c1ccccc1. The molecule has 0 aliphatic heterocycles. The summed E-state index contributed by atoms with van der Waals surface area (Å²) in [7, 11) is 0. The maximum atomic E-state index is 4.26. The Balaban J connectivity index is 1.40. The average molecular weight is 767 g/mol. The average Bonchev–Trinajstić information content (AvgIpc) is 3.64. The van der Waals surface area contributed by atoms with Crippen molar-refractivity contribution in [2.45, 2.75) is 10.8 Å². The van der Waals surface area contributed by atoms with Crippen LogP contribution in [0.2, 0.25) is 0 Å². The molecule has 0 heterocycles. The molecular weight excluding hydrogens is 736 g/mol. The van der Waals surface area contributed by atoms with E-state index in [4.69, 9.17) is 0 Å². The number of hydrogen-bond acceptors (Lipinski definition) is 0. The first-order valence-corrected chi connectivity index (χ1v) is 18.7. The van der Waals surface area contributed by atoms with Crippen molar-refractivity contribution < 1.29 is 0 Å². The van der Waals surface area contributed by atoms with Crippen LogP contribution in [0.3, 0.4) is 0 Å². The maximum absolute atomic E-state index is 4.26. The van der Waals surface area contributed by atoms with Crippen molar-refractivity contribution in [1.29, 1.82) is 0 Å². The van der Waals surface area contributed by atoms with E-state index in [1.54, 1.807) is 0 Å². The normalized spacial score (nSPS) is 14.5. The van der Waals surface area contributed by atoms with Gasteiger partial charge in [0.25, 0.3) is 0 Å². The summed E-state index contributed by atoms with van der Waals surface area (Å²) < 4.78 is 2.19. The molecule has 0 atom stereocenters. The first-order valence-electron chi connectivity index (χ1n) is 17.1. The van der Waals surface area contributed by atoms with Gasteiger partial charge in [0, 0.05) is 19.7 Å². The second kappa shape index (κ2) is 11.3. The second-order valence-corrected chi connectivity index (χ2v) is 15.1. The lowest BCUT2D eigenvalue weighted by molar-refractivity contribution is 0.767. The maximum Gasteiger partial charge on any atom is 0.0714 e. The fraction of sp³-hybridized carbons (Fsp3) is 0.0417. The Kier molecular flexibility index (Phi) is 6.72. The van der Waals surface area contributed by atoms with Gasteiger partial charge in [-0.15, -0.1) is 0 Å². The molecule has 2 aliphatic carbocycles. The zero-order valence-corrected chi connectivity index (χ0v) is 30.2. The zero-order chi connectivity index (χ0) is 33.5. The second-order valence-electron chi connectivity index (χ2n) is 13.4. The summed E-state index contributed by atoms with van der Waals surface area (Å²) in [5, 5.41) is 2.47. The lowest BCUT2D eigenvalue weighted by Crippen LogP contribution is -2.29. The molecule has 8 aromatic carbocycles. The van der Waals surface area contributed by atoms with E-state index in [0.717, 1.165) is 8.95 Å². The summed E-state index contributed by atoms with van der Waals surface area (Å²) in [6.07, 6.45) is 0. The highest BCUT2D eigenvalue weighted by Crippen LogP contribution is 2.64. The van der Waals surface area contributed by atoms with Gasteiger partial charge < -0.3 is 0 Å². The molecule has 0 fully saturated rings. The molecule has 0 bridgehead atoms. The van der Waals surface area contributed by atoms with Crippen molar-refractivity contribution >= 4 is 42.6 Å². The highest BCUT2D eigenvalue weighted by atomic mass is 79.9. The molecule has 0 nitrogen and oxygen atoms in total. The first kappa shape index (κ1) is 29.9. The van der Waals surface area contributed by atoms with Crippen molar-refractivity contribution in [2.75, 3.05) is 0 Å². The van der Waals surface area contributed by atoms with E-state index >= 15 is 0 Å². The molecule has 0 amide bonds. The Morgan fingerprint density at radius 2 is 0.580 bits per heavy atom. The van der Waals surface area contributed by atoms with Crippen LogP contribution in [-0.4, -0.2) is 0 Å². The molecule has 10 rings (SSSR count). The van der Waals surface area contributed by atoms with E-state index in [2.05, 4.69) is 214 Å². The van der Waals surface area contributed by atoms with Crippen LogP contribution >= 0.6 is 31.9 Å². The number of rotatable bonds is 4. The summed E-state index contributed by atoms with van der Waals surface area (Å²) in [4.78, 5) is 0. The first-order chi connectivity index (χ1) is 24.7. The minimum Gasteiger partial charge on any atom is -0.0622 e.